The molecule has 0 saturated carbocycles. The summed E-state index contributed by atoms with van der Waals surface area (Å²) in [6, 6.07) is 8.66. The van der Waals surface area contributed by atoms with Gasteiger partial charge in [0.1, 0.15) is 5.76 Å². The Bertz CT molecular complexity index is 990. The van der Waals surface area contributed by atoms with Gasteiger partial charge in [0.05, 0.1) is 18.2 Å². The lowest BCUT2D eigenvalue weighted by Crippen LogP contribution is -2.32. The van der Waals surface area contributed by atoms with E-state index in [4.69, 9.17) is 4.74 Å². The molecule has 0 bridgehead atoms. The minimum Gasteiger partial charge on any atom is -0.507 e. The van der Waals surface area contributed by atoms with Gasteiger partial charge in [0.25, 0.3) is 11.7 Å². The van der Waals surface area contributed by atoms with Gasteiger partial charge in [-0.2, -0.15) is 0 Å². The van der Waals surface area contributed by atoms with Gasteiger partial charge in [0.15, 0.2) is 0 Å². The number of aromatic nitrogens is 1. The van der Waals surface area contributed by atoms with Crippen LogP contribution in [0.5, 0.6) is 0 Å². The van der Waals surface area contributed by atoms with E-state index in [2.05, 4.69) is 25.8 Å². The molecular formula is C24H28N2O4. The van der Waals surface area contributed by atoms with Crippen LogP contribution in [-0.2, 0) is 19.7 Å². The van der Waals surface area contributed by atoms with E-state index in [9.17, 15) is 14.7 Å². The first-order valence-corrected chi connectivity index (χ1v) is 9.95. The molecule has 1 atom stereocenters. The fraction of sp³-hybridized carbons (Fsp3) is 0.375. The maximum atomic E-state index is 13.0. The van der Waals surface area contributed by atoms with Crippen molar-refractivity contribution in [2.45, 2.75) is 39.2 Å². The number of aryl methyl sites for hydroxylation is 1. The van der Waals surface area contributed by atoms with Crippen molar-refractivity contribution in [1.29, 1.82) is 0 Å². The number of rotatable bonds is 5. The Kier molecular flexibility index (Phi) is 6.08. The van der Waals surface area contributed by atoms with Crippen molar-refractivity contribution in [3.63, 3.8) is 0 Å². The van der Waals surface area contributed by atoms with Gasteiger partial charge in [-0.1, -0.05) is 32.9 Å². The number of benzene rings is 1. The first kappa shape index (κ1) is 21.7. The number of carbonyl (C=O) groups is 2. The second-order valence-electron chi connectivity index (χ2n) is 8.55. The standard InChI is InChI=1S/C24H28N2O4/c1-15-6-7-17(24(2,3)4)14-18(15)21(27)19-20(16-8-10-25-11-9-16)26(12-13-30-5)23(29)22(19)28/h6-11,14,20,27H,12-13H2,1-5H3/b21-19+. The average molecular weight is 408 g/mol. The van der Waals surface area contributed by atoms with Gasteiger partial charge in [-0.25, -0.2) is 0 Å². The third-order valence-corrected chi connectivity index (χ3v) is 5.46. The van der Waals surface area contributed by atoms with Crippen molar-refractivity contribution in [2.75, 3.05) is 20.3 Å². The summed E-state index contributed by atoms with van der Waals surface area (Å²) in [5, 5.41) is 11.3. The highest BCUT2D eigenvalue weighted by molar-refractivity contribution is 6.46. The van der Waals surface area contributed by atoms with Crippen LogP contribution in [-0.4, -0.2) is 46.9 Å². The normalized spacial score (nSPS) is 18.8. The molecule has 1 unspecified atom stereocenters. The molecule has 1 N–H and O–H groups in total. The van der Waals surface area contributed by atoms with E-state index >= 15 is 0 Å². The first-order valence-electron chi connectivity index (χ1n) is 9.95. The SMILES string of the molecule is COCCN1C(=O)C(=O)/C(=C(/O)c2cc(C(C)(C)C)ccc2C)C1c1ccncc1. The number of hydrogen-bond acceptors (Lipinski definition) is 5. The molecule has 0 aliphatic carbocycles. The van der Waals surface area contributed by atoms with E-state index < -0.39 is 17.7 Å². The molecule has 158 valence electrons. The topological polar surface area (TPSA) is 79.7 Å². The van der Waals surface area contributed by atoms with E-state index in [1.807, 2.05) is 25.1 Å². The summed E-state index contributed by atoms with van der Waals surface area (Å²) in [5.41, 5.74) is 3.10. The lowest BCUT2D eigenvalue weighted by atomic mass is 9.84. The van der Waals surface area contributed by atoms with Crippen LogP contribution in [0, 0.1) is 6.92 Å². The number of methoxy groups -OCH3 is 1. The average Bonchev–Trinajstić information content (AvgIpc) is 2.96. The Morgan fingerprint density at radius 2 is 1.83 bits per heavy atom. The Morgan fingerprint density at radius 1 is 1.17 bits per heavy atom. The Labute approximate surface area is 177 Å². The number of pyridine rings is 1. The van der Waals surface area contributed by atoms with Gasteiger partial charge in [-0.15, -0.1) is 0 Å². The molecule has 0 radical (unpaired) electrons. The molecule has 1 saturated heterocycles. The number of ketones is 1. The summed E-state index contributed by atoms with van der Waals surface area (Å²) < 4.78 is 5.13. The van der Waals surface area contributed by atoms with Crippen molar-refractivity contribution in [2.24, 2.45) is 0 Å². The summed E-state index contributed by atoms with van der Waals surface area (Å²) in [4.78, 5) is 31.3. The largest absolute Gasteiger partial charge is 0.507 e. The van der Waals surface area contributed by atoms with E-state index in [-0.39, 0.29) is 29.9 Å². The summed E-state index contributed by atoms with van der Waals surface area (Å²) >= 11 is 0. The van der Waals surface area contributed by atoms with Crippen molar-refractivity contribution in [1.82, 2.24) is 9.88 Å². The number of Topliss-reactive ketones (excluding diaryl/α,β-unsaturated/α-hetero) is 1. The monoisotopic (exact) mass is 408 g/mol. The van der Waals surface area contributed by atoms with Crippen molar-refractivity contribution < 1.29 is 19.4 Å². The van der Waals surface area contributed by atoms with Gasteiger partial charge in [-0.3, -0.25) is 14.6 Å². The van der Waals surface area contributed by atoms with E-state index in [1.54, 1.807) is 31.6 Å². The number of aliphatic hydroxyl groups excluding tert-OH is 1. The van der Waals surface area contributed by atoms with E-state index in [1.165, 1.54) is 4.90 Å². The van der Waals surface area contributed by atoms with Crippen molar-refractivity contribution >= 4 is 17.4 Å². The number of likely N-dealkylation sites (tertiary alicyclic amines) is 1. The predicted octanol–water partition coefficient (Wildman–Crippen LogP) is 3.76. The molecule has 1 aliphatic heterocycles. The Hall–Kier alpha value is -2.99. The molecule has 1 fully saturated rings. The van der Waals surface area contributed by atoms with Gasteiger partial charge in [0.2, 0.25) is 0 Å². The quantitative estimate of drug-likeness (QED) is 0.463. The van der Waals surface area contributed by atoms with Crippen LogP contribution in [0.2, 0.25) is 0 Å². The molecule has 1 aromatic carbocycles. The molecule has 1 amide bonds. The van der Waals surface area contributed by atoms with Crippen LogP contribution >= 0.6 is 0 Å². The Morgan fingerprint density at radius 3 is 2.43 bits per heavy atom. The van der Waals surface area contributed by atoms with Crippen LogP contribution in [0.3, 0.4) is 0 Å². The van der Waals surface area contributed by atoms with Crippen LogP contribution in [0.1, 0.15) is 49.1 Å². The third kappa shape index (κ3) is 4.00. The molecule has 3 rings (SSSR count). The maximum absolute atomic E-state index is 13.0. The number of carbonyl (C=O) groups excluding carboxylic acids is 2. The second kappa shape index (κ2) is 8.40. The van der Waals surface area contributed by atoms with Gasteiger partial charge in [0, 0.05) is 31.6 Å². The fourth-order valence-corrected chi connectivity index (χ4v) is 3.68. The molecule has 6 heteroatoms. The number of ether oxygens (including phenoxy) is 1. The summed E-state index contributed by atoms with van der Waals surface area (Å²) in [6.07, 6.45) is 3.22. The third-order valence-electron chi connectivity index (χ3n) is 5.46. The lowest BCUT2D eigenvalue weighted by molar-refractivity contribution is -0.140. The zero-order valence-corrected chi connectivity index (χ0v) is 18.1. The smallest absolute Gasteiger partial charge is 0.295 e. The molecule has 2 heterocycles. The highest BCUT2D eigenvalue weighted by atomic mass is 16.5. The van der Waals surface area contributed by atoms with Gasteiger partial charge >= 0.3 is 0 Å². The molecular weight excluding hydrogens is 380 g/mol. The van der Waals surface area contributed by atoms with Gasteiger partial charge in [-0.05, 0) is 47.2 Å². The number of nitrogens with zero attached hydrogens (tertiary/aromatic N) is 2. The van der Waals surface area contributed by atoms with Crippen LogP contribution in [0.25, 0.3) is 5.76 Å². The molecule has 1 aromatic heterocycles. The summed E-state index contributed by atoms with van der Waals surface area (Å²) in [6.45, 7) is 8.66. The molecule has 30 heavy (non-hydrogen) atoms. The van der Waals surface area contributed by atoms with E-state index in [0.717, 1.165) is 11.1 Å². The Balaban J connectivity index is 2.21. The first-order chi connectivity index (χ1) is 14.2. The molecule has 2 aromatic rings. The zero-order valence-electron chi connectivity index (χ0n) is 18.1. The second-order valence-corrected chi connectivity index (χ2v) is 8.55. The minimum absolute atomic E-state index is 0.0939. The maximum Gasteiger partial charge on any atom is 0.295 e. The van der Waals surface area contributed by atoms with Crippen LogP contribution < -0.4 is 0 Å². The predicted molar refractivity (Wildman–Crippen MR) is 115 cm³/mol. The van der Waals surface area contributed by atoms with Crippen molar-refractivity contribution in [3.05, 3.63) is 70.6 Å². The van der Waals surface area contributed by atoms with Gasteiger partial charge < -0.3 is 14.7 Å². The fourth-order valence-electron chi connectivity index (χ4n) is 3.68. The molecule has 6 nitrogen and oxygen atoms in total. The molecule has 0 spiro atoms. The highest BCUT2D eigenvalue weighted by Crippen LogP contribution is 2.40. The van der Waals surface area contributed by atoms with E-state index in [0.29, 0.717) is 11.1 Å². The number of amides is 1. The highest BCUT2D eigenvalue weighted by Gasteiger charge is 2.46. The van der Waals surface area contributed by atoms with Crippen LogP contribution in [0.4, 0.5) is 0 Å². The van der Waals surface area contributed by atoms with Crippen molar-refractivity contribution in [3.8, 4) is 0 Å². The summed E-state index contributed by atoms with van der Waals surface area (Å²) in [5.74, 6) is -1.48. The molecule has 1 aliphatic rings. The zero-order chi connectivity index (χ0) is 22.1. The number of aliphatic hydroxyl groups is 1. The number of hydrogen-bond donors (Lipinski definition) is 1. The summed E-state index contributed by atoms with van der Waals surface area (Å²) in [7, 11) is 1.54. The lowest BCUT2D eigenvalue weighted by Gasteiger charge is -2.25. The minimum atomic E-state index is -0.694. The van der Waals surface area contributed by atoms with Crippen LogP contribution in [0.15, 0.2) is 48.3 Å².